The van der Waals surface area contributed by atoms with E-state index >= 15 is 0 Å². The Hall–Kier alpha value is -1.15. The van der Waals surface area contributed by atoms with E-state index < -0.39 is 15.6 Å². The van der Waals surface area contributed by atoms with Crippen LogP contribution in [-0.2, 0) is 14.8 Å². The molecule has 2 N–H and O–H groups in total. The summed E-state index contributed by atoms with van der Waals surface area (Å²) in [6, 6.07) is 6.59. The van der Waals surface area contributed by atoms with Crippen molar-refractivity contribution in [2.45, 2.75) is 43.1 Å². The Morgan fingerprint density at radius 2 is 1.96 bits per heavy atom. The van der Waals surface area contributed by atoms with Crippen molar-refractivity contribution in [3.8, 4) is 5.75 Å². The molecular formula is C16H25NO5S. The SMILES string of the molecule is CCOc1ccccc1S(=O)(=O)NCC1(OCCO)CCCC1. The summed E-state index contributed by atoms with van der Waals surface area (Å²) < 4.78 is 39.0. The van der Waals surface area contributed by atoms with Crippen LogP contribution >= 0.6 is 0 Å². The van der Waals surface area contributed by atoms with Gasteiger partial charge in [0.05, 0.1) is 25.4 Å². The first-order valence-corrected chi connectivity index (χ1v) is 9.48. The zero-order chi connectivity index (χ0) is 16.8. The van der Waals surface area contributed by atoms with Gasteiger partial charge in [0.1, 0.15) is 10.6 Å². The molecule has 7 heteroatoms. The Kier molecular flexibility index (Phi) is 6.41. The van der Waals surface area contributed by atoms with Crippen molar-refractivity contribution >= 4 is 10.0 Å². The Morgan fingerprint density at radius 1 is 1.26 bits per heavy atom. The van der Waals surface area contributed by atoms with Gasteiger partial charge in [0, 0.05) is 6.54 Å². The van der Waals surface area contributed by atoms with E-state index in [0.717, 1.165) is 25.7 Å². The van der Waals surface area contributed by atoms with Crippen molar-refractivity contribution in [1.82, 2.24) is 4.72 Å². The van der Waals surface area contributed by atoms with Crippen LogP contribution < -0.4 is 9.46 Å². The first-order valence-electron chi connectivity index (χ1n) is 7.99. The predicted octanol–water partition coefficient (Wildman–Crippen LogP) is 1.69. The monoisotopic (exact) mass is 343 g/mol. The maximum Gasteiger partial charge on any atom is 0.244 e. The van der Waals surface area contributed by atoms with Crippen LogP contribution in [0.1, 0.15) is 32.6 Å². The molecule has 0 atom stereocenters. The lowest BCUT2D eigenvalue weighted by molar-refractivity contribution is -0.0492. The number of nitrogens with one attached hydrogen (secondary N) is 1. The minimum Gasteiger partial charge on any atom is -0.492 e. The summed E-state index contributed by atoms with van der Waals surface area (Å²) in [7, 11) is -3.68. The van der Waals surface area contributed by atoms with E-state index in [2.05, 4.69) is 4.72 Å². The van der Waals surface area contributed by atoms with Crippen LogP contribution in [0.3, 0.4) is 0 Å². The average Bonchev–Trinajstić information content (AvgIpc) is 3.01. The molecular weight excluding hydrogens is 318 g/mol. The lowest BCUT2D eigenvalue weighted by atomic mass is 10.0. The maximum atomic E-state index is 12.6. The fourth-order valence-electron chi connectivity index (χ4n) is 2.90. The number of aliphatic hydroxyl groups is 1. The number of sulfonamides is 1. The molecule has 1 saturated carbocycles. The molecule has 1 aliphatic carbocycles. The van der Waals surface area contributed by atoms with Gasteiger partial charge in [-0.25, -0.2) is 13.1 Å². The molecule has 6 nitrogen and oxygen atoms in total. The fourth-order valence-corrected chi connectivity index (χ4v) is 4.16. The highest BCUT2D eigenvalue weighted by molar-refractivity contribution is 7.89. The van der Waals surface area contributed by atoms with E-state index in [0.29, 0.717) is 12.4 Å². The molecule has 0 bridgehead atoms. The van der Waals surface area contributed by atoms with E-state index in [-0.39, 0.29) is 24.7 Å². The highest BCUT2D eigenvalue weighted by Crippen LogP contribution is 2.33. The van der Waals surface area contributed by atoms with Crippen molar-refractivity contribution in [2.24, 2.45) is 0 Å². The van der Waals surface area contributed by atoms with Crippen LogP contribution in [0.5, 0.6) is 5.75 Å². The molecule has 0 unspecified atom stereocenters. The Bertz CT molecular complexity index is 596. The van der Waals surface area contributed by atoms with Crippen LogP contribution in [-0.4, -0.2) is 45.5 Å². The molecule has 2 rings (SSSR count). The Morgan fingerprint density at radius 3 is 2.61 bits per heavy atom. The number of hydrogen-bond donors (Lipinski definition) is 2. The zero-order valence-corrected chi connectivity index (χ0v) is 14.3. The first kappa shape index (κ1) is 18.2. The molecule has 1 aromatic rings. The average molecular weight is 343 g/mol. The summed E-state index contributed by atoms with van der Waals surface area (Å²) in [5.74, 6) is 0.347. The molecule has 0 aliphatic heterocycles. The third-order valence-corrected chi connectivity index (χ3v) is 5.48. The maximum absolute atomic E-state index is 12.6. The molecule has 0 saturated heterocycles. The minimum atomic E-state index is -3.68. The van der Waals surface area contributed by atoms with Gasteiger partial charge in [0.2, 0.25) is 10.0 Å². The largest absolute Gasteiger partial charge is 0.492 e. The highest BCUT2D eigenvalue weighted by Gasteiger charge is 2.36. The van der Waals surface area contributed by atoms with E-state index in [4.69, 9.17) is 14.6 Å². The number of hydrogen-bond acceptors (Lipinski definition) is 5. The second kappa shape index (κ2) is 8.10. The summed E-state index contributed by atoms with van der Waals surface area (Å²) in [6.45, 7) is 2.57. The highest BCUT2D eigenvalue weighted by atomic mass is 32.2. The van der Waals surface area contributed by atoms with E-state index in [1.165, 1.54) is 6.07 Å². The topological polar surface area (TPSA) is 84.9 Å². The van der Waals surface area contributed by atoms with Crippen LogP contribution in [0, 0.1) is 0 Å². The van der Waals surface area contributed by atoms with E-state index in [9.17, 15) is 8.42 Å². The third kappa shape index (κ3) is 4.67. The Balaban J connectivity index is 2.11. The molecule has 0 amide bonds. The van der Waals surface area contributed by atoms with Crippen molar-refractivity contribution in [1.29, 1.82) is 0 Å². The predicted molar refractivity (Wildman–Crippen MR) is 87.0 cm³/mol. The number of ether oxygens (including phenoxy) is 2. The molecule has 0 heterocycles. The summed E-state index contributed by atoms with van der Waals surface area (Å²) in [5.41, 5.74) is -0.518. The molecule has 0 radical (unpaired) electrons. The lowest BCUT2D eigenvalue weighted by Gasteiger charge is -2.29. The molecule has 1 fully saturated rings. The van der Waals surface area contributed by atoms with Gasteiger partial charge in [-0.15, -0.1) is 0 Å². The molecule has 130 valence electrons. The van der Waals surface area contributed by atoms with Crippen molar-refractivity contribution in [3.05, 3.63) is 24.3 Å². The quantitative estimate of drug-likeness (QED) is 0.713. The third-order valence-electron chi connectivity index (χ3n) is 4.04. The summed E-state index contributed by atoms with van der Waals surface area (Å²) in [4.78, 5) is 0.136. The van der Waals surface area contributed by atoms with E-state index in [1.54, 1.807) is 18.2 Å². The first-order chi connectivity index (χ1) is 11.0. The van der Waals surface area contributed by atoms with Crippen LogP contribution in [0.2, 0.25) is 0 Å². The zero-order valence-electron chi connectivity index (χ0n) is 13.5. The van der Waals surface area contributed by atoms with Crippen molar-refractivity contribution in [2.75, 3.05) is 26.4 Å². The number of para-hydroxylation sites is 1. The van der Waals surface area contributed by atoms with Gasteiger partial charge < -0.3 is 14.6 Å². The smallest absolute Gasteiger partial charge is 0.244 e. The van der Waals surface area contributed by atoms with Gasteiger partial charge in [-0.05, 0) is 31.9 Å². The number of benzene rings is 1. The summed E-state index contributed by atoms with van der Waals surface area (Å²) in [5, 5.41) is 8.96. The van der Waals surface area contributed by atoms with Crippen LogP contribution in [0.25, 0.3) is 0 Å². The molecule has 1 aromatic carbocycles. The fraction of sp³-hybridized carbons (Fsp3) is 0.625. The summed E-state index contributed by atoms with van der Waals surface area (Å²) in [6.07, 6.45) is 3.59. The summed E-state index contributed by atoms with van der Waals surface area (Å²) >= 11 is 0. The molecule has 0 spiro atoms. The van der Waals surface area contributed by atoms with Gasteiger partial charge in [-0.3, -0.25) is 0 Å². The normalized spacial score (nSPS) is 17.3. The molecule has 1 aliphatic rings. The van der Waals surface area contributed by atoms with Gasteiger partial charge >= 0.3 is 0 Å². The number of aliphatic hydroxyl groups excluding tert-OH is 1. The Labute approximate surface area is 137 Å². The van der Waals surface area contributed by atoms with Crippen LogP contribution in [0.15, 0.2) is 29.2 Å². The van der Waals surface area contributed by atoms with E-state index in [1.807, 2.05) is 6.92 Å². The standard InChI is InChI=1S/C16H25NO5S/c1-2-21-14-7-3-4-8-15(14)23(19,20)17-13-16(22-12-11-18)9-5-6-10-16/h3-4,7-8,17-18H,2,5-6,9-13H2,1H3. The van der Waals surface area contributed by atoms with Crippen molar-refractivity contribution < 1.29 is 23.0 Å². The minimum absolute atomic E-state index is 0.0678. The van der Waals surface area contributed by atoms with Gasteiger partial charge in [0.25, 0.3) is 0 Å². The molecule has 0 aromatic heterocycles. The van der Waals surface area contributed by atoms with Gasteiger partial charge in [-0.2, -0.15) is 0 Å². The molecule has 23 heavy (non-hydrogen) atoms. The second-order valence-corrected chi connectivity index (χ2v) is 7.40. The van der Waals surface area contributed by atoms with Crippen molar-refractivity contribution in [3.63, 3.8) is 0 Å². The second-order valence-electron chi connectivity index (χ2n) is 5.67. The number of rotatable bonds is 9. The van der Waals surface area contributed by atoms with Crippen LogP contribution in [0.4, 0.5) is 0 Å². The van der Waals surface area contributed by atoms with Gasteiger partial charge in [-0.1, -0.05) is 25.0 Å². The lowest BCUT2D eigenvalue weighted by Crippen LogP contribution is -2.43. The van der Waals surface area contributed by atoms with Gasteiger partial charge in [0.15, 0.2) is 0 Å².